The van der Waals surface area contributed by atoms with Gasteiger partial charge in [0.15, 0.2) is 17.3 Å². The third-order valence-corrected chi connectivity index (χ3v) is 5.23. The van der Waals surface area contributed by atoms with Crippen molar-refractivity contribution in [2.75, 3.05) is 18.5 Å². The fourth-order valence-electron chi connectivity index (χ4n) is 3.50. The summed E-state index contributed by atoms with van der Waals surface area (Å²) in [4.78, 5) is 12.9. The molecule has 2 heterocycles. The van der Waals surface area contributed by atoms with Crippen LogP contribution in [0.1, 0.15) is 16.1 Å². The summed E-state index contributed by atoms with van der Waals surface area (Å²) >= 11 is 6.31. The van der Waals surface area contributed by atoms with Crippen molar-refractivity contribution in [3.63, 3.8) is 0 Å². The Hall–Kier alpha value is -3.18. The van der Waals surface area contributed by atoms with Crippen molar-refractivity contribution in [1.82, 2.24) is 0 Å². The molecule has 5 rings (SSSR count). The summed E-state index contributed by atoms with van der Waals surface area (Å²) in [5.41, 5.74) is 1.93. The van der Waals surface area contributed by atoms with Crippen LogP contribution in [0.4, 0.5) is 5.69 Å². The number of rotatable bonds is 2. The topological polar surface area (TPSA) is 60.7 Å². The Kier molecular flexibility index (Phi) is 3.91. The van der Waals surface area contributed by atoms with Crippen LogP contribution < -0.4 is 14.8 Å². The molecule has 0 bridgehead atoms. The minimum atomic E-state index is -0.364. The number of amides is 1. The molecule has 0 saturated heterocycles. The molecule has 1 aromatic heterocycles. The van der Waals surface area contributed by atoms with E-state index < -0.39 is 0 Å². The maximum absolute atomic E-state index is 12.9. The third kappa shape index (κ3) is 2.67. The lowest BCUT2D eigenvalue weighted by Gasteiger charge is -2.19. The van der Waals surface area contributed by atoms with Gasteiger partial charge in [-0.15, -0.1) is 0 Å². The van der Waals surface area contributed by atoms with Gasteiger partial charge in [-0.05, 0) is 12.3 Å². The molecule has 0 spiro atoms. The van der Waals surface area contributed by atoms with Gasteiger partial charge in [-0.2, -0.15) is 0 Å². The van der Waals surface area contributed by atoms with E-state index in [-0.39, 0.29) is 11.7 Å². The van der Waals surface area contributed by atoms with Gasteiger partial charge in [0, 0.05) is 28.5 Å². The normalized spacial score (nSPS) is 13.1. The van der Waals surface area contributed by atoms with Crippen molar-refractivity contribution in [2.45, 2.75) is 6.92 Å². The van der Waals surface area contributed by atoms with Crippen LogP contribution in [0.25, 0.3) is 21.7 Å². The summed E-state index contributed by atoms with van der Waals surface area (Å²) in [6, 6.07) is 15.2. The first kappa shape index (κ1) is 17.0. The number of hydrogen-bond acceptors (Lipinski definition) is 4. The van der Waals surface area contributed by atoms with Crippen molar-refractivity contribution in [2.24, 2.45) is 0 Å². The van der Waals surface area contributed by atoms with E-state index in [0.29, 0.717) is 41.0 Å². The second-order valence-corrected chi connectivity index (χ2v) is 7.06. The lowest BCUT2D eigenvalue weighted by molar-refractivity contribution is 0.0998. The van der Waals surface area contributed by atoms with Gasteiger partial charge < -0.3 is 19.2 Å². The summed E-state index contributed by atoms with van der Waals surface area (Å²) in [5, 5.41) is 6.14. The van der Waals surface area contributed by atoms with Gasteiger partial charge >= 0.3 is 0 Å². The fraction of sp³-hybridized carbons (Fsp3) is 0.136. The molecule has 28 heavy (non-hydrogen) atoms. The highest BCUT2D eigenvalue weighted by Crippen LogP contribution is 2.38. The molecule has 0 fully saturated rings. The van der Waals surface area contributed by atoms with Crippen LogP contribution in [-0.2, 0) is 0 Å². The van der Waals surface area contributed by atoms with E-state index in [1.54, 1.807) is 12.1 Å². The summed E-state index contributed by atoms with van der Waals surface area (Å²) in [5.74, 6) is 1.02. The highest BCUT2D eigenvalue weighted by Gasteiger charge is 2.21. The van der Waals surface area contributed by atoms with Gasteiger partial charge in [-0.25, -0.2) is 0 Å². The van der Waals surface area contributed by atoms with E-state index in [1.807, 2.05) is 43.3 Å². The van der Waals surface area contributed by atoms with Crippen LogP contribution in [0.3, 0.4) is 0 Å². The third-order valence-electron chi connectivity index (χ3n) is 4.91. The zero-order chi connectivity index (χ0) is 19.3. The van der Waals surface area contributed by atoms with E-state index in [9.17, 15) is 4.79 Å². The fourth-order valence-corrected chi connectivity index (χ4v) is 3.71. The van der Waals surface area contributed by atoms with Crippen LogP contribution in [0.15, 0.2) is 52.9 Å². The van der Waals surface area contributed by atoms with E-state index in [0.717, 1.165) is 21.7 Å². The van der Waals surface area contributed by atoms with Gasteiger partial charge in [0.05, 0.1) is 10.7 Å². The zero-order valence-corrected chi connectivity index (χ0v) is 15.8. The number of carbonyl (C=O) groups excluding carboxylic acids is 1. The maximum Gasteiger partial charge on any atom is 0.291 e. The minimum Gasteiger partial charge on any atom is -0.486 e. The standard InChI is InChI=1S/C22H16ClNO4/c1-12-14-7-6-13-4-2-3-5-15(13)21(14)28-20(12)22(25)24-17-11-19-18(10-16(17)23)26-8-9-27-19/h2-7,10-11H,8-9H2,1H3,(H,24,25). The number of anilines is 1. The highest BCUT2D eigenvalue weighted by molar-refractivity contribution is 6.34. The second kappa shape index (κ2) is 6.46. The van der Waals surface area contributed by atoms with Crippen LogP contribution in [0, 0.1) is 6.92 Å². The van der Waals surface area contributed by atoms with Crippen LogP contribution in [0.2, 0.25) is 5.02 Å². The molecule has 140 valence electrons. The number of halogens is 1. The van der Waals surface area contributed by atoms with Crippen molar-refractivity contribution >= 4 is 44.9 Å². The Bertz CT molecular complexity index is 1240. The van der Waals surface area contributed by atoms with Gasteiger partial charge in [0.2, 0.25) is 0 Å². The number of fused-ring (bicyclic) bond motifs is 4. The molecule has 0 radical (unpaired) electrons. The minimum absolute atomic E-state index is 0.261. The first-order chi connectivity index (χ1) is 13.6. The average Bonchev–Trinajstić information content (AvgIpc) is 3.06. The maximum atomic E-state index is 12.9. The monoisotopic (exact) mass is 393 g/mol. The number of hydrogen-bond donors (Lipinski definition) is 1. The van der Waals surface area contributed by atoms with Crippen molar-refractivity contribution < 1.29 is 18.7 Å². The smallest absolute Gasteiger partial charge is 0.291 e. The quantitative estimate of drug-likeness (QED) is 0.483. The number of nitrogens with one attached hydrogen (secondary N) is 1. The van der Waals surface area contributed by atoms with Gasteiger partial charge in [0.1, 0.15) is 18.8 Å². The van der Waals surface area contributed by atoms with Crippen molar-refractivity contribution in [3.05, 3.63) is 64.9 Å². The summed E-state index contributed by atoms with van der Waals surface area (Å²) in [6.45, 7) is 2.81. The van der Waals surface area contributed by atoms with E-state index in [1.165, 1.54) is 0 Å². The predicted octanol–water partition coefficient (Wildman–Crippen LogP) is 5.57. The van der Waals surface area contributed by atoms with Gasteiger partial charge in [-0.1, -0.05) is 48.0 Å². The van der Waals surface area contributed by atoms with E-state index in [4.69, 9.17) is 25.5 Å². The Morgan fingerprint density at radius 3 is 2.57 bits per heavy atom. The lowest BCUT2D eigenvalue weighted by Crippen LogP contribution is -2.17. The number of benzene rings is 3. The average molecular weight is 394 g/mol. The molecule has 0 aliphatic carbocycles. The summed E-state index contributed by atoms with van der Waals surface area (Å²) < 4.78 is 17.1. The molecule has 1 aliphatic rings. The molecule has 1 N–H and O–H groups in total. The van der Waals surface area contributed by atoms with Crippen molar-refractivity contribution in [3.8, 4) is 11.5 Å². The Labute approximate surface area is 165 Å². The predicted molar refractivity (Wildman–Crippen MR) is 109 cm³/mol. The molecule has 1 amide bonds. The molecule has 3 aromatic carbocycles. The number of ether oxygens (including phenoxy) is 2. The molecule has 5 nitrogen and oxygen atoms in total. The summed E-state index contributed by atoms with van der Waals surface area (Å²) in [7, 11) is 0. The Morgan fingerprint density at radius 1 is 1.00 bits per heavy atom. The molecule has 4 aromatic rings. The Morgan fingerprint density at radius 2 is 1.75 bits per heavy atom. The van der Waals surface area contributed by atoms with Crippen LogP contribution >= 0.6 is 11.6 Å². The SMILES string of the molecule is Cc1c(C(=O)Nc2cc3c(cc2Cl)OCCO3)oc2c1ccc1ccccc12. The number of carbonyl (C=O) groups is 1. The molecular weight excluding hydrogens is 378 g/mol. The molecule has 1 aliphatic heterocycles. The molecule has 0 unspecified atom stereocenters. The van der Waals surface area contributed by atoms with Crippen molar-refractivity contribution in [1.29, 1.82) is 0 Å². The first-order valence-corrected chi connectivity index (χ1v) is 9.31. The van der Waals surface area contributed by atoms with E-state index >= 15 is 0 Å². The number of aryl methyl sites for hydroxylation is 1. The lowest BCUT2D eigenvalue weighted by atomic mass is 10.1. The molecule has 0 atom stereocenters. The van der Waals surface area contributed by atoms with Crippen LogP contribution in [0.5, 0.6) is 11.5 Å². The zero-order valence-electron chi connectivity index (χ0n) is 15.0. The van der Waals surface area contributed by atoms with Gasteiger partial charge in [-0.3, -0.25) is 4.79 Å². The van der Waals surface area contributed by atoms with Crippen LogP contribution in [-0.4, -0.2) is 19.1 Å². The first-order valence-electron chi connectivity index (χ1n) is 8.93. The van der Waals surface area contributed by atoms with E-state index in [2.05, 4.69) is 5.32 Å². The number of furan rings is 1. The molecular formula is C22H16ClNO4. The highest BCUT2D eigenvalue weighted by atomic mass is 35.5. The Balaban J connectivity index is 1.55. The summed E-state index contributed by atoms with van der Waals surface area (Å²) in [6.07, 6.45) is 0. The second-order valence-electron chi connectivity index (χ2n) is 6.65. The van der Waals surface area contributed by atoms with Gasteiger partial charge in [0.25, 0.3) is 5.91 Å². The largest absolute Gasteiger partial charge is 0.486 e. The molecule has 6 heteroatoms. The molecule has 0 saturated carbocycles.